The lowest BCUT2D eigenvalue weighted by Crippen LogP contribution is -2.36. The minimum Gasteiger partial charge on any atom is -0.494 e. The molecular formula is C20H32N2O3. The summed E-state index contributed by atoms with van der Waals surface area (Å²) in [4.78, 5) is 15.3. The number of ether oxygens (including phenoxy) is 1. The molecule has 0 aromatic heterocycles. The van der Waals surface area contributed by atoms with Gasteiger partial charge in [0.05, 0.1) is 13.2 Å². The smallest absolute Gasteiger partial charge is 0.317 e. The van der Waals surface area contributed by atoms with Crippen LogP contribution in [-0.4, -0.2) is 66.8 Å². The van der Waals surface area contributed by atoms with Crippen molar-refractivity contribution in [1.29, 1.82) is 0 Å². The Hall–Kier alpha value is -1.59. The van der Waals surface area contributed by atoms with Crippen LogP contribution in [0.15, 0.2) is 18.2 Å². The number of likely N-dealkylation sites (tertiary alicyclic amines) is 1. The zero-order valence-electron chi connectivity index (χ0n) is 15.8. The fourth-order valence-electron chi connectivity index (χ4n) is 3.64. The molecule has 0 bridgehead atoms. The summed E-state index contributed by atoms with van der Waals surface area (Å²) in [5.41, 5.74) is 2.47. The second-order valence-electron chi connectivity index (χ2n) is 7.26. The van der Waals surface area contributed by atoms with Crippen LogP contribution in [0.4, 0.5) is 0 Å². The maximum atomic E-state index is 10.9. The van der Waals surface area contributed by atoms with Gasteiger partial charge in [0, 0.05) is 12.6 Å². The highest BCUT2D eigenvalue weighted by Crippen LogP contribution is 2.18. The molecule has 0 spiro atoms. The molecule has 5 heteroatoms. The molecule has 5 nitrogen and oxygen atoms in total. The Morgan fingerprint density at radius 1 is 1.24 bits per heavy atom. The first-order chi connectivity index (χ1) is 11.9. The molecule has 1 fully saturated rings. The Labute approximate surface area is 151 Å². The Kier molecular flexibility index (Phi) is 7.72. The van der Waals surface area contributed by atoms with Crippen LogP contribution in [0.1, 0.15) is 36.8 Å². The van der Waals surface area contributed by atoms with Gasteiger partial charge >= 0.3 is 5.97 Å². The molecule has 2 rings (SSSR count). The summed E-state index contributed by atoms with van der Waals surface area (Å²) in [5.74, 6) is 0.218. The number of carbonyl (C=O) groups is 1. The van der Waals surface area contributed by atoms with Gasteiger partial charge in [-0.15, -0.1) is 0 Å². The van der Waals surface area contributed by atoms with Gasteiger partial charge in [-0.25, -0.2) is 0 Å². The summed E-state index contributed by atoms with van der Waals surface area (Å²) in [6.45, 7) is 8.24. The standard InChI is InChI=1S/C20H32N2O3/c1-16-12-17(2)14-19(13-16)25-11-5-9-22-8-4-6-18(7-10-22)21(3)15-20(23)24/h12-14,18H,4-11,15H2,1-3H3,(H,23,24). The Bertz CT molecular complexity index is 542. The zero-order chi connectivity index (χ0) is 18.2. The normalized spacial score (nSPS) is 19.0. The molecule has 1 aliphatic heterocycles. The maximum Gasteiger partial charge on any atom is 0.317 e. The van der Waals surface area contributed by atoms with E-state index in [0.29, 0.717) is 6.04 Å². The lowest BCUT2D eigenvalue weighted by molar-refractivity contribution is -0.138. The lowest BCUT2D eigenvalue weighted by atomic mass is 10.1. The van der Waals surface area contributed by atoms with Crippen molar-refractivity contribution in [2.24, 2.45) is 0 Å². The van der Waals surface area contributed by atoms with Gasteiger partial charge in [-0.1, -0.05) is 6.07 Å². The molecule has 1 aliphatic rings. The van der Waals surface area contributed by atoms with Crippen LogP contribution < -0.4 is 4.74 Å². The molecule has 0 saturated carbocycles. The van der Waals surface area contributed by atoms with E-state index in [0.717, 1.165) is 57.7 Å². The number of carboxylic acids is 1. The molecule has 1 N–H and O–H groups in total. The SMILES string of the molecule is Cc1cc(C)cc(OCCCN2CCCC(N(C)CC(=O)O)CC2)c1. The Morgan fingerprint density at radius 3 is 2.64 bits per heavy atom. The van der Waals surface area contributed by atoms with Crippen molar-refractivity contribution in [2.75, 3.05) is 39.8 Å². The van der Waals surface area contributed by atoms with Gasteiger partial charge in [0.2, 0.25) is 0 Å². The summed E-state index contributed by atoms with van der Waals surface area (Å²) in [5, 5.41) is 8.94. The first kappa shape index (κ1) is 19.7. The van der Waals surface area contributed by atoms with Gasteiger partial charge in [-0.05, 0) is 82.9 Å². The fourth-order valence-corrected chi connectivity index (χ4v) is 3.64. The summed E-state index contributed by atoms with van der Waals surface area (Å²) in [6.07, 6.45) is 4.27. The van der Waals surface area contributed by atoms with E-state index >= 15 is 0 Å². The van der Waals surface area contributed by atoms with E-state index in [9.17, 15) is 4.79 Å². The topological polar surface area (TPSA) is 53.0 Å². The van der Waals surface area contributed by atoms with E-state index in [1.54, 1.807) is 0 Å². The highest BCUT2D eigenvalue weighted by atomic mass is 16.5. The Morgan fingerprint density at radius 2 is 1.96 bits per heavy atom. The van der Waals surface area contributed by atoms with Crippen molar-refractivity contribution >= 4 is 5.97 Å². The summed E-state index contributed by atoms with van der Waals surface area (Å²) >= 11 is 0. The summed E-state index contributed by atoms with van der Waals surface area (Å²) < 4.78 is 5.89. The van der Waals surface area contributed by atoms with E-state index in [4.69, 9.17) is 9.84 Å². The van der Waals surface area contributed by atoms with Crippen LogP contribution in [0.5, 0.6) is 5.75 Å². The van der Waals surface area contributed by atoms with Crippen molar-refractivity contribution in [2.45, 2.75) is 45.6 Å². The number of nitrogens with zero attached hydrogens (tertiary/aromatic N) is 2. The molecule has 1 aromatic rings. The molecule has 0 aliphatic carbocycles. The first-order valence-corrected chi connectivity index (χ1v) is 9.29. The third-order valence-electron chi connectivity index (χ3n) is 4.88. The highest BCUT2D eigenvalue weighted by Gasteiger charge is 2.21. The van der Waals surface area contributed by atoms with Crippen LogP contribution in [0.3, 0.4) is 0 Å². The number of benzene rings is 1. The van der Waals surface area contributed by atoms with Crippen molar-refractivity contribution in [3.8, 4) is 5.75 Å². The van der Waals surface area contributed by atoms with Crippen LogP contribution in [0.2, 0.25) is 0 Å². The van der Waals surface area contributed by atoms with E-state index < -0.39 is 5.97 Å². The molecule has 0 amide bonds. The maximum absolute atomic E-state index is 10.9. The number of hydrogen-bond acceptors (Lipinski definition) is 4. The minimum atomic E-state index is -0.743. The second kappa shape index (κ2) is 9.78. The average Bonchev–Trinajstić information content (AvgIpc) is 2.75. The largest absolute Gasteiger partial charge is 0.494 e. The molecule has 1 unspecified atom stereocenters. The molecule has 1 saturated heterocycles. The predicted octanol–water partition coefficient (Wildman–Crippen LogP) is 2.94. The third-order valence-corrected chi connectivity index (χ3v) is 4.88. The van der Waals surface area contributed by atoms with Gasteiger partial charge in [0.15, 0.2) is 0 Å². The number of likely N-dealkylation sites (N-methyl/N-ethyl adjacent to an activating group) is 1. The molecular weight excluding hydrogens is 316 g/mol. The molecule has 0 radical (unpaired) electrons. The minimum absolute atomic E-state index is 0.133. The van der Waals surface area contributed by atoms with Crippen LogP contribution in [0, 0.1) is 13.8 Å². The van der Waals surface area contributed by atoms with Gasteiger partial charge in [0.1, 0.15) is 5.75 Å². The van der Waals surface area contributed by atoms with Crippen LogP contribution >= 0.6 is 0 Å². The average molecular weight is 348 g/mol. The number of aryl methyl sites for hydroxylation is 2. The van der Waals surface area contributed by atoms with Gasteiger partial charge in [-0.3, -0.25) is 9.69 Å². The molecule has 1 aromatic carbocycles. The monoisotopic (exact) mass is 348 g/mol. The highest BCUT2D eigenvalue weighted by molar-refractivity contribution is 5.69. The molecule has 25 heavy (non-hydrogen) atoms. The van der Waals surface area contributed by atoms with Gasteiger partial charge < -0.3 is 14.7 Å². The first-order valence-electron chi connectivity index (χ1n) is 9.29. The quantitative estimate of drug-likeness (QED) is 0.732. The number of aliphatic carboxylic acids is 1. The second-order valence-corrected chi connectivity index (χ2v) is 7.26. The summed E-state index contributed by atoms with van der Waals surface area (Å²) in [6, 6.07) is 6.71. The van der Waals surface area contributed by atoms with Crippen LogP contribution in [0.25, 0.3) is 0 Å². The van der Waals surface area contributed by atoms with E-state index in [1.165, 1.54) is 11.1 Å². The Balaban J connectivity index is 1.68. The molecule has 140 valence electrons. The zero-order valence-corrected chi connectivity index (χ0v) is 15.8. The van der Waals surface area contributed by atoms with Crippen LogP contribution in [-0.2, 0) is 4.79 Å². The molecule has 1 atom stereocenters. The van der Waals surface area contributed by atoms with Crippen molar-refractivity contribution in [3.63, 3.8) is 0 Å². The van der Waals surface area contributed by atoms with E-state index in [2.05, 4.69) is 36.9 Å². The number of hydrogen-bond donors (Lipinski definition) is 1. The third kappa shape index (κ3) is 7.04. The van der Waals surface area contributed by atoms with E-state index in [-0.39, 0.29) is 6.54 Å². The van der Waals surface area contributed by atoms with Gasteiger partial charge in [-0.2, -0.15) is 0 Å². The summed E-state index contributed by atoms with van der Waals surface area (Å²) in [7, 11) is 1.92. The number of rotatable bonds is 8. The number of carboxylic acid groups (broad SMARTS) is 1. The van der Waals surface area contributed by atoms with Crippen molar-refractivity contribution in [1.82, 2.24) is 9.80 Å². The van der Waals surface area contributed by atoms with E-state index in [1.807, 2.05) is 11.9 Å². The van der Waals surface area contributed by atoms with Gasteiger partial charge in [0.25, 0.3) is 0 Å². The fraction of sp³-hybridized carbons (Fsp3) is 0.650. The molecule has 1 heterocycles. The lowest BCUT2D eigenvalue weighted by Gasteiger charge is -2.25. The van der Waals surface area contributed by atoms with Crippen molar-refractivity contribution < 1.29 is 14.6 Å². The van der Waals surface area contributed by atoms with Crippen molar-refractivity contribution in [3.05, 3.63) is 29.3 Å². The predicted molar refractivity (Wildman–Crippen MR) is 100 cm³/mol.